The number of nitrogens with one attached hydrogen (secondary N) is 2. The average Bonchev–Trinajstić information content (AvgIpc) is 3.13. The zero-order valence-corrected chi connectivity index (χ0v) is 14.7. The highest BCUT2D eigenvalue weighted by molar-refractivity contribution is 5.96. The molecule has 27 heavy (non-hydrogen) atoms. The average molecular weight is 363 g/mol. The van der Waals surface area contributed by atoms with Gasteiger partial charge in [-0.25, -0.2) is 9.07 Å². The Morgan fingerprint density at radius 2 is 2.04 bits per heavy atom. The minimum atomic E-state index is -0.560. The van der Waals surface area contributed by atoms with Crippen molar-refractivity contribution in [2.24, 2.45) is 0 Å². The Morgan fingerprint density at radius 1 is 1.22 bits per heavy atom. The van der Waals surface area contributed by atoms with E-state index in [-0.39, 0.29) is 11.7 Å². The minimum Gasteiger partial charge on any atom is -0.348 e. The second-order valence-electron chi connectivity index (χ2n) is 6.32. The Balaban J connectivity index is 1.69. The Hall–Kier alpha value is -3.48. The van der Waals surface area contributed by atoms with Crippen LogP contribution in [0, 0.1) is 5.82 Å². The third-order valence-electron chi connectivity index (χ3n) is 4.50. The smallest absolute Gasteiger partial charge is 0.251 e. The predicted molar refractivity (Wildman–Crippen MR) is 99.2 cm³/mol. The number of aromatic nitrogens is 3. The maximum atomic E-state index is 13.8. The molecule has 0 saturated carbocycles. The standard InChI is InChI=1S/C20H18FN5O/c1-13-17(19(27)22-11-14-6-3-2-4-7-14)18(15-8-5-9-16(21)10-15)26-20(25-13)23-12-24-26/h2-10,12,18H,11H2,1H3,(H,22,27)(H,23,24,25)/t18-/m1/s1. The van der Waals surface area contributed by atoms with E-state index in [0.717, 1.165) is 5.56 Å². The van der Waals surface area contributed by atoms with Gasteiger partial charge in [-0.15, -0.1) is 0 Å². The first-order chi connectivity index (χ1) is 13.1. The van der Waals surface area contributed by atoms with E-state index in [1.165, 1.54) is 18.5 Å². The normalized spacial score (nSPS) is 15.9. The van der Waals surface area contributed by atoms with Crippen LogP contribution in [0.15, 0.2) is 72.2 Å². The lowest BCUT2D eigenvalue weighted by Crippen LogP contribution is -2.34. The molecule has 7 heteroatoms. The number of benzene rings is 2. The van der Waals surface area contributed by atoms with Gasteiger partial charge >= 0.3 is 0 Å². The van der Waals surface area contributed by atoms with Gasteiger partial charge in [0.05, 0.1) is 5.57 Å². The van der Waals surface area contributed by atoms with Crippen LogP contribution in [0.4, 0.5) is 10.3 Å². The number of halogens is 1. The molecule has 0 spiro atoms. The Morgan fingerprint density at radius 3 is 2.81 bits per heavy atom. The Bertz CT molecular complexity index is 1010. The molecule has 2 N–H and O–H groups in total. The number of amides is 1. The van der Waals surface area contributed by atoms with E-state index < -0.39 is 6.04 Å². The van der Waals surface area contributed by atoms with Gasteiger partial charge in [-0.3, -0.25) is 4.79 Å². The third-order valence-corrected chi connectivity index (χ3v) is 4.50. The zero-order chi connectivity index (χ0) is 18.8. The van der Waals surface area contributed by atoms with E-state index in [0.29, 0.717) is 29.3 Å². The van der Waals surface area contributed by atoms with Gasteiger partial charge < -0.3 is 10.6 Å². The van der Waals surface area contributed by atoms with Crippen molar-refractivity contribution in [3.8, 4) is 0 Å². The number of allylic oxidation sites excluding steroid dienone is 1. The van der Waals surface area contributed by atoms with E-state index in [9.17, 15) is 9.18 Å². The van der Waals surface area contributed by atoms with Crippen molar-refractivity contribution in [1.29, 1.82) is 0 Å². The molecule has 0 bridgehead atoms. The topological polar surface area (TPSA) is 71.8 Å². The molecule has 0 radical (unpaired) electrons. The zero-order valence-electron chi connectivity index (χ0n) is 14.7. The van der Waals surface area contributed by atoms with Crippen molar-refractivity contribution in [1.82, 2.24) is 20.1 Å². The van der Waals surface area contributed by atoms with Crippen molar-refractivity contribution in [3.63, 3.8) is 0 Å². The van der Waals surface area contributed by atoms with Crippen molar-refractivity contribution in [2.45, 2.75) is 19.5 Å². The van der Waals surface area contributed by atoms with E-state index in [2.05, 4.69) is 20.7 Å². The van der Waals surface area contributed by atoms with E-state index >= 15 is 0 Å². The molecule has 1 aromatic heterocycles. The van der Waals surface area contributed by atoms with Crippen molar-refractivity contribution in [3.05, 3.63) is 89.1 Å². The summed E-state index contributed by atoms with van der Waals surface area (Å²) in [5, 5.41) is 10.3. The Kier molecular flexibility index (Phi) is 4.42. The number of hydrogen-bond donors (Lipinski definition) is 2. The molecule has 2 heterocycles. The van der Waals surface area contributed by atoms with Crippen LogP contribution in [0.25, 0.3) is 0 Å². The summed E-state index contributed by atoms with van der Waals surface area (Å²) < 4.78 is 15.4. The van der Waals surface area contributed by atoms with Crippen LogP contribution in [0.5, 0.6) is 0 Å². The maximum absolute atomic E-state index is 13.8. The number of fused-ring (bicyclic) bond motifs is 1. The molecule has 6 nitrogen and oxygen atoms in total. The summed E-state index contributed by atoms with van der Waals surface area (Å²) in [5.41, 5.74) is 2.77. The highest BCUT2D eigenvalue weighted by Crippen LogP contribution is 2.34. The van der Waals surface area contributed by atoms with Crippen LogP contribution in [-0.2, 0) is 11.3 Å². The van der Waals surface area contributed by atoms with Crippen LogP contribution in [-0.4, -0.2) is 20.7 Å². The summed E-state index contributed by atoms with van der Waals surface area (Å²) in [4.78, 5) is 17.2. The molecule has 0 fully saturated rings. The molecule has 1 aliphatic rings. The van der Waals surface area contributed by atoms with Gasteiger partial charge in [0.15, 0.2) is 0 Å². The van der Waals surface area contributed by atoms with Crippen molar-refractivity contribution >= 4 is 11.9 Å². The molecule has 1 amide bonds. The summed E-state index contributed by atoms with van der Waals surface area (Å²) in [7, 11) is 0. The predicted octanol–water partition coefficient (Wildman–Crippen LogP) is 3.02. The lowest BCUT2D eigenvalue weighted by Gasteiger charge is -2.28. The molecule has 1 atom stereocenters. The van der Waals surface area contributed by atoms with Gasteiger partial charge in [-0.1, -0.05) is 42.5 Å². The van der Waals surface area contributed by atoms with Crippen LogP contribution in [0.3, 0.4) is 0 Å². The molecular formula is C20H18FN5O. The van der Waals surface area contributed by atoms with Crippen LogP contribution < -0.4 is 10.6 Å². The second-order valence-corrected chi connectivity index (χ2v) is 6.32. The second kappa shape index (κ2) is 7.03. The van der Waals surface area contributed by atoms with Gasteiger partial charge in [-0.05, 0) is 30.2 Å². The fourth-order valence-corrected chi connectivity index (χ4v) is 3.24. The lowest BCUT2D eigenvalue weighted by atomic mass is 9.95. The maximum Gasteiger partial charge on any atom is 0.251 e. The molecule has 3 aromatic rings. The molecule has 0 saturated heterocycles. The van der Waals surface area contributed by atoms with Crippen LogP contribution in [0.1, 0.15) is 24.1 Å². The quantitative estimate of drug-likeness (QED) is 0.747. The number of carbonyl (C=O) groups excluding carboxylic acids is 1. The summed E-state index contributed by atoms with van der Waals surface area (Å²) >= 11 is 0. The fraction of sp³-hybridized carbons (Fsp3) is 0.150. The molecule has 4 rings (SSSR count). The monoisotopic (exact) mass is 363 g/mol. The SMILES string of the molecule is CC1=C(C(=O)NCc2ccccc2)[C@@H](c2cccc(F)c2)n2ncnc2N1. The van der Waals surface area contributed by atoms with E-state index in [1.54, 1.807) is 16.8 Å². The molecular weight excluding hydrogens is 345 g/mol. The number of carbonyl (C=O) groups is 1. The van der Waals surface area contributed by atoms with Crippen molar-refractivity contribution in [2.75, 3.05) is 5.32 Å². The minimum absolute atomic E-state index is 0.237. The first-order valence-corrected chi connectivity index (χ1v) is 8.58. The Labute approximate surface area is 155 Å². The number of hydrogen-bond acceptors (Lipinski definition) is 4. The fourth-order valence-electron chi connectivity index (χ4n) is 3.24. The van der Waals surface area contributed by atoms with Crippen molar-refractivity contribution < 1.29 is 9.18 Å². The largest absolute Gasteiger partial charge is 0.348 e. The summed E-state index contributed by atoms with van der Waals surface area (Å²) in [5.74, 6) is -0.0879. The van der Waals surface area contributed by atoms with Gasteiger partial charge in [-0.2, -0.15) is 10.1 Å². The molecule has 0 aliphatic carbocycles. The first kappa shape index (κ1) is 17.0. The van der Waals surface area contributed by atoms with Crippen LogP contribution >= 0.6 is 0 Å². The summed E-state index contributed by atoms with van der Waals surface area (Å²) in [6.45, 7) is 2.21. The first-order valence-electron chi connectivity index (χ1n) is 8.58. The van der Waals surface area contributed by atoms with E-state index in [1.807, 2.05) is 37.3 Å². The van der Waals surface area contributed by atoms with Gasteiger partial charge in [0.25, 0.3) is 5.91 Å². The van der Waals surface area contributed by atoms with Crippen LogP contribution in [0.2, 0.25) is 0 Å². The van der Waals surface area contributed by atoms with Gasteiger partial charge in [0.2, 0.25) is 5.95 Å². The van der Waals surface area contributed by atoms with Gasteiger partial charge in [0, 0.05) is 12.2 Å². The molecule has 2 aromatic carbocycles. The third kappa shape index (κ3) is 3.31. The number of anilines is 1. The lowest BCUT2D eigenvalue weighted by molar-refractivity contribution is -0.118. The van der Waals surface area contributed by atoms with Gasteiger partial charge in [0.1, 0.15) is 18.2 Å². The molecule has 1 aliphatic heterocycles. The molecule has 136 valence electrons. The summed E-state index contributed by atoms with van der Waals surface area (Å²) in [6, 6.07) is 15.3. The van der Waals surface area contributed by atoms with E-state index in [4.69, 9.17) is 0 Å². The number of rotatable bonds is 4. The molecule has 0 unspecified atom stereocenters. The summed E-state index contributed by atoms with van der Waals surface area (Å²) in [6.07, 6.45) is 1.41. The highest BCUT2D eigenvalue weighted by Gasteiger charge is 2.33. The number of nitrogens with zero attached hydrogens (tertiary/aromatic N) is 3. The highest BCUT2D eigenvalue weighted by atomic mass is 19.1.